The molecule has 0 saturated carbocycles. The van der Waals surface area contributed by atoms with Gasteiger partial charge in [-0.2, -0.15) is 0 Å². The van der Waals surface area contributed by atoms with Crippen LogP contribution in [0.25, 0.3) is 0 Å². The summed E-state index contributed by atoms with van der Waals surface area (Å²) in [5.41, 5.74) is 2.75. The standard InChI is InChI=1S/C10H12.Ru/c1-8(2)10-7-5-4-6-9(10)3;/h3-8H,1-2H3;/q;+1. The van der Waals surface area contributed by atoms with Gasteiger partial charge >= 0.3 is 77.6 Å². The van der Waals surface area contributed by atoms with Crippen LogP contribution >= 0.6 is 0 Å². The van der Waals surface area contributed by atoms with Crippen molar-refractivity contribution in [2.45, 2.75) is 19.8 Å². The van der Waals surface area contributed by atoms with E-state index in [1.54, 1.807) is 0 Å². The second-order valence-corrected chi connectivity index (χ2v) is 3.39. The molecule has 0 saturated heterocycles. The molecule has 0 aromatic heterocycles. The number of hydrogen-bond donors (Lipinski definition) is 0. The van der Waals surface area contributed by atoms with Crippen LogP contribution in [0.3, 0.4) is 0 Å². The van der Waals surface area contributed by atoms with Crippen LogP contribution in [0.5, 0.6) is 0 Å². The zero-order valence-corrected chi connectivity index (χ0v) is 8.56. The molecule has 1 heteroatoms. The van der Waals surface area contributed by atoms with Gasteiger partial charge in [-0.05, 0) is 0 Å². The predicted molar refractivity (Wildman–Crippen MR) is 45.7 cm³/mol. The van der Waals surface area contributed by atoms with Crippen LogP contribution in [-0.2, 0) is 17.9 Å². The van der Waals surface area contributed by atoms with Crippen molar-refractivity contribution in [3.63, 3.8) is 0 Å². The van der Waals surface area contributed by atoms with Gasteiger partial charge in [0.05, 0.1) is 0 Å². The Kier molecular flexibility index (Phi) is 3.14. The van der Waals surface area contributed by atoms with E-state index in [9.17, 15) is 0 Å². The van der Waals surface area contributed by atoms with Crippen molar-refractivity contribution >= 4 is 4.61 Å². The van der Waals surface area contributed by atoms with Gasteiger partial charge in [-0.3, -0.25) is 0 Å². The summed E-state index contributed by atoms with van der Waals surface area (Å²) in [7, 11) is 0. The molecule has 1 rings (SSSR count). The summed E-state index contributed by atoms with van der Waals surface area (Å²) in [5, 5.41) is 0. The molecule has 1 aromatic carbocycles. The molecule has 0 spiro atoms. The van der Waals surface area contributed by atoms with Gasteiger partial charge in [-0.25, -0.2) is 0 Å². The molecule has 0 amide bonds. The van der Waals surface area contributed by atoms with E-state index in [1.165, 1.54) is 11.1 Å². The topological polar surface area (TPSA) is 0 Å². The first-order chi connectivity index (χ1) is 5.25. The van der Waals surface area contributed by atoms with E-state index in [-0.39, 0.29) is 0 Å². The monoisotopic (exact) mass is 234 g/mol. The van der Waals surface area contributed by atoms with E-state index in [4.69, 9.17) is 0 Å². The summed E-state index contributed by atoms with van der Waals surface area (Å²) < 4.78 is 2.09. The molecule has 0 fully saturated rings. The SMILES string of the molecule is CC(C)c1ccccc1[CH]=[Ru+]. The van der Waals surface area contributed by atoms with Gasteiger partial charge in [-0.1, -0.05) is 0 Å². The Morgan fingerprint density at radius 3 is 2.36 bits per heavy atom. The van der Waals surface area contributed by atoms with Crippen LogP contribution < -0.4 is 0 Å². The minimum absolute atomic E-state index is 0.616. The molecule has 0 aliphatic carbocycles. The normalized spacial score (nSPS) is 10.1. The van der Waals surface area contributed by atoms with Crippen molar-refractivity contribution in [3.8, 4) is 0 Å². The van der Waals surface area contributed by atoms with Gasteiger partial charge in [0.25, 0.3) is 0 Å². The van der Waals surface area contributed by atoms with Crippen LogP contribution in [-0.4, -0.2) is 4.61 Å². The average Bonchev–Trinajstić information content (AvgIpc) is 2.04. The van der Waals surface area contributed by atoms with Crippen LogP contribution in [0.4, 0.5) is 0 Å². The third kappa shape index (κ3) is 2.07. The van der Waals surface area contributed by atoms with Crippen LogP contribution in [0.1, 0.15) is 30.9 Å². The van der Waals surface area contributed by atoms with E-state index < -0.39 is 0 Å². The van der Waals surface area contributed by atoms with Crippen LogP contribution in [0, 0.1) is 0 Å². The van der Waals surface area contributed by atoms with Crippen molar-refractivity contribution in [2.24, 2.45) is 0 Å². The average molecular weight is 233 g/mol. The van der Waals surface area contributed by atoms with Gasteiger partial charge in [0.15, 0.2) is 0 Å². The van der Waals surface area contributed by atoms with E-state index in [0.29, 0.717) is 5.92 Å². The summed E-state index contributed by atoms with van der Waals surface area (Å²) in [4.78, 5) is 0. The van der Waals surface area contributed by atoms with Crippen LogP contribution in [0.15, 0.2) is 24.3 Å². The quantitative estimate of drug-likeness (QED) is 0.688. The Labute approximate surface area is 77.8 Å². The van der Waals surface area contributed by atoms with Crippen molar-refractivity contribution in [3.05, 3.63) is 35.4 Å². The number of benzene rings is 1. The molecule has 0 N–H and O–H groups in total. The van der Waals surface area contributed by atoms with E-state index in [2.05, 4.69) is 60.6 Å². The van der Waals surface area contributed by atoms with Crippen molar-refractivity contribution in [1.29, 1.82) is 0 Å². The van der Waals surface area contributed by atoms with Gasteiger partial charge in [0.1, 0.15) is 0 Å². The second kappa shape index (κ2) is 3.92. The summed E-state index contributed by atoms with van der Waals surface area (Å²) in [6.45, 7) is 4.43. The molecule has 0 aliphatic heterocycles. The van der Waals surface area contributed by atoms with E-state index in [0.717, 1.165) is 0 Å². The zero-order valence-electron chi connectivity index (χ0n) is 6.82. The maximum atomic E-state index is 2.56. The molecule has 0 nitrogen and oxygen atoms in total. The Morgan fingerprint density at radius 1 is 1.27 bits per heavy atom. The third-order valence-electron chi connectivity index (χ3n) is 1.73. The van der Waals surface area contributed by atoms with Gasteiger partial charge < -0.3 is 0 Å². The predicted octanol–water partition coefficient (Wildman–Crippen LogP) is 2.51. The van der Waals surface area contributed by atoms with Gasteiger partial charge in [-0.15, -0.1) is 0 Å². The molecule has 0 heterocycles. The Bertz CT molecular complexity index is 251. The van der Waals surface area contributed by atoms with Crippen molar-refractivity contribution in [1.82, 2.24) is 0 Å². The molecule has 0 atom stereocenters. The molecule has 0 unspecified atom stereocenters. The molecule has 0 aliphatic rings. The molecule has 1 aromatic rings. The van der Waals surface area contributed by atoms with Gasteiger partial charge in [0, 0.05) is 0 Å². The van der Waals surface area contributed by atoms with Crippen molar-refractivity contribution < 1.29 is 17.9 Å². The Hall–Kier alpha value is -0.287. The van der Waals surface area contributed by atoms with Crippen LogP contribution in [0.2, 0.25) is 0 Å². The first-order valence-electron chi connectivity index (χ1n) is 3.76. The Balaban J connectivity index is 3.12. The fraction of sp³-hybridized carbons (Fsp3) is 0.300. The number of rotatable bonds is 2. The van der Waals surface area contributed by atoms with E-state index >= 15 is 0 Å². The first-order valence-corrected chi connectivity index (χ1v) is 4.77. The van der Waals surface area contributed by atoms with Crippen molar-refractivity contribution in [2.75, 3.05) is 0 Å². The minimum atomic E-state index is 0.616. The second-order valence-electron chi connectivity index (χ2n) is 2.89. The Morgan fingerprint density at radius 2 is 1.91 bits per heavy atom. The fourth-order valence-electron chi connectivity index (χ4n) is 1.13. The number of hydrogen-bond acceptors (Lipinski definition) is 0. The molecule has 0 radical (unpaired) electrons. The zero-order chi connectivity index (χ0) is 8.27. The third-order valence-corrected chi connectivity index (χ3v) is 2.27. The molecular weight excluding hydrogens is 221 g/mol. The fourth-order valence-corrected chi connectivity index (χ4v) is 1.59. The molecular formula is C10H12Ru+. The summed E-state index contributed by atoms with van der Waals surface area (Å²) in [5.74, 6) is 0.616. The molecule has 59 valence electrons. The first kappa shape index (κ1) is 8.81. The molecule has 0 bridgehead atoms. The molecule has 11 heavy (non-hydrogen) atoms. The van der Waals surface area contributed by atoms with E-state index in [1.807, 2.05) is 0 Å². The summed E-state index contributed by atoms with van der Waals surface area (Å²) in [6.07, 6.45) is 0. The summed E-state index contributed by atoms with van der Waals surface area (Å²) in [6, 6.07) is 8.49. The summed E-state index contributed by atoms with van der Waals surface area (Å²) >= 11 is 2.56. The van der Waals surface area contributed by atoms with Gasteiger partial charge in [0.2, 0.25) is 0 Å². The maximum absolute atomic E-state index is 2.56.